The summed E-state index contributed by atoms with van der Waals surface area (Å²) in [6.07, 6.45) is 1.65. The lowest BCUT2D eigenvalue weighted by Crippen LogP contribution is -2.11. The van der Waals surface area contributed by atoms with Crippen molar-refractivity contribution in [2.75, 3.05) is 5.32 Å². The summed E-state index contributed by atoms with van der Waals surface area (Å²) in [6.45, 7) is -0.00637. The zero-order valence-corrected chi connectivity index (χ0v) is 18.0. The van der Waals surface area contributed by atoms with Crippen molar-refractivity contribution in [3.63, 3.8) is 0 Å². The maximum atomic E-state index is 12.6. The molecule has 0 spiro atoms. The Hall–Kier alpha value is -3.43. The molecule has 4 aromatic rings. The number of benzene rings is 2. The van der Waals surface area contributed by atoms with E-state index in [9.17, 15) is 14.9 Å². The second-order valence-corrected chi connectivity index (χ2v) is 7.64. The van der Waals surface area contributed by atoms with Gasteiger partial charge in [0.15, 0.2) is 5.76 Å². The third kappa shape index (κ3) is 4.52. The van der Waals surface area contributed by atoms with Crippen molar-refractivity contribution in [3.8, 4) is 5.75 Å². The number of amides is 1. The van der Waals surface area contributed by atoms with Crippen LogP contribution in [-0.4, -0.2) is 15.8 Å². The van der Waals surface area contributed by atoms with Gasteiger partial charge in [-0.1, -0.05) is 33.6 Å². The van der Waals surface area contributed by atoms with E-state index in [2.05, 4.69) is 26.2 Å². The van der Waals surface area contributed by atoms with E-state index >= 15 is 0 Å². The molecule has 156 valence electrons. The summed E-state index contributed by atoms with van der Waals surface area (Å²) in [5, 5.41) is 14.6. The van der Waals surface area contributed by atoms with E-state index in [4.69, 9.17) is 20.8 Å². The van der Waals surface area contributed by atoms with Gasteiger partial charge >= 0.3 is 0 Å². The van der Waals surface area contributed by atoms with Crippen molar-refractivity contribution in [1.29, 1.82) is 0 Å². The molecule has 1 amide bonds. The summed E-state index contributed by atoms with van der Waals surface area (Å²) in [7, 11) is 0. The summed E-state index contributed by atoms with van der Waals surface area (Å²) in [6, 6.07) is 14.3. The number of ether oxygens (including phenoxy) is 1. The average Bonchev–Trinajstić information content (AvgIpc) is 3.24. The van der Waals surface area contributed by atoms with Crippen LogP contribution in [-0.2, 0) is 6.61 Å². The fraction of sp³-hybridized carbons (Fsp3) is 0.0476. The quantitative estimate of drug-likeness (QED) is 0.256. The molecule has 0 unspecified atom stereocenters. The van der Waals surface area contributed by atoms with Crippen molar-refractivity contribution in [2.45, 2.75) is 6.61 Å². The second-order valence-electron chi connectivity index (χ2n) is 6.38. The van der Waals surface area contributed by atoms with Gasteiger partial charge in [0.1, 0.15) is 18.1 Å². The lowest BCUT2D eigenvalue weighted by Gasteiger charge is -2.08. The number of non-ortho nitro benzene ring substituents is 1. The minimum absolute atomic E-state index is 0.00637. The van der Waals surface area contributed by atoms with Crippen LogP contribution in [0, 0.1) is 10.1 Å². The smallest absolute Gasteiger partial charge is 0.291 e. The first kappa shape index (κ1) is 20.8. The van der Waals surface area contributed by atoms with Crippen LogP contribution < -0.4 is 10.1 Å². The Bertz CT molecular complexity index is 1310. The van der Waals surface area contributed by atoms with E-state index < -0.39 is 10.8 Å². The maximum absolute atomic E-state index is 12.6. The molecule has 2 aromatic carbocycles. The highest BCUT2D eigenvalue weighted by atomic mass is 79.9. The second kappa shape index (κ2) is 8.75. The highest BCUT2D eigenvalue weighted by molar-refractivity contribution is 9.10. The zero-order chi connectivity index (χ0) is 22.0. The average molecular weight is 503 g/mol. The topological polar surface area (TPSA) is 108 Å². The van der Waals surface area contributed by atoms with E-state index in [-0.39, 0.29) is 28.8 Å². The molecule has 0 aliphatic carbocycles. The molecule has 0 saturated carbocycles. The number of hydrogen-bond donors (Lipinski definition) is 1. The largest absolute Gasteiger partial charge is 0.484 e. The highest BCUT2D eigenvalue weighted by Gasteiger charge is 2.15. The van der Waals surface area contributed by atoms with Crippen molar-refractivity contribution in [3.05, 3.63) is 91.9 Å². The van der Waals surface area contributed by atoms with Gasteiger partial charge in [-0.25, -0.2) is 0 Å². The molecule has 31 heavy (non-hydrogen) atoms. The number of carbonyl (C=O) groups is 1. The van der Waals surface area contributed by atoms with Crippen molar-refractivity contribution < 1.29 is 18.9 Å². The number of fused-ring (bicyclic) bond motifs is 1. The minimum Gasteiger partial charge on any atom is -0.484 e. The Balaban J connectivity index is 1.45. The number of pyridine rings is 1. The number of halogens is 2. The Morgan fingerprint density at radius 3 is 2.84 bits per heavy atom. The first-order valence-electron chi connectivity index (χ1n) is 8.92. The Labute approximate surface area is 189 Å². The Kier molecular flexibility index (Phi) is 5.88. The molecule has 0 aliphatic rings. The van der Waals surface area contributed by atoms with Gasteiger partial charge in [-0.2, -0.15) is 0 Å². The predicted molar refractivity (Wildman–Crippen MR) is 119 cm³/mol. The SMILES string of the molecule is O=C(Nc1ccc(Br)c2cccnc12)c1ccc(COc2ccc([N+](=O)[O-])cc2Cl)o1. The first-order chi connectivity index (χ1) is 14.9. The van der Waals surface area contributed by atoms with Crippen molar-refractivity contribution in [2.24, 2.45) is 0 Å². The molecule has 4 rings (SSSR count). The number of rotatable bonds is 6. The molecule has 2 heterocycles. The van der Waals surface area contributed by atoms with Crippen LogP contribution in [0.25, 0.3) is 10.9 Å². The van der Waals surface area contributed by atoms with Crippen LogP contribution in [0.4, 0.5) is 11.4 Å². The van der Waals surface area contributed by atoms with Crippen LogP contribution in [0.5, 0.6) is 5.75 Å². The zero-order valence-electron chi connectivity index (χ0n) is 15.7. The van der Waals surface area contributed by atoms with E-state index in [1.165, 1.54) is 24.3 Å². The lowest BCUT2D eigenvalue weighted by atomic mass is 10.2. The van der Waals surface area contributed by atoms with Gasteiger partial charge in [0.25, 0.3) is 11.6 Å². The maximum Gasteiger partial charge on any atom is 0.291 e. The molecule has 0 atom stereocenters. The molecule has 8 nitrogen and oxygen atoms in total. The number of nitrogens with zero attached hydrogens (tertiary/aromatic N) is 2. The molecule has 1 N–H and O–H groups in total. The molecule has 0 aliphatic heterocycles. The number of nitro benzene ring substituents is 1. The van der Waals surface area contributed by atoms with Crippen LogP contribution >= 0.6 is 27.5 Å². The Morgan fingerprint density at radius 2 is 2.06 bits per heavy atom. The van der Waals surface area contributed by atoms with Crippen LogP contribution in [0.1, 0.15) is 16.3 Å². The van der Waals surface area contributed by atoms with Gasteiger partial charge in [0.2, 0.25) is 0 Å². The minimum atomic E-state index is -0.544. The standard InChI is InChI=1S/C21H13BrClN3O5/c22-15-5-6-17(20-14(15)2-1-9-24-20)25-21(27)19-8-4-13(31-19)11-30-18-7-3-12(26(28)29)10-16(18)23/h1-10H,11H2,(H,25,27). The number of anilines is 1. The molecule has 2 aromatic heterocycles. The van der Waals surface area contributed by atoms with Crippen molar-refractivity contribution >= 4 is 55.7 Å². The fourth-order valence-electron chi connectivity index (χ4n) is 2.87. The number of nitro groups is 1. The molecule has 10 heteroatoms. The summed E-state index contributed by atoms with van der Waals surface area (Å²) < 4.78 is 12.0. The molecule has 0 fully saturated rings. The third-order valence-electron chi connectivity index (χ3n) is 4.35. The lowest BCUT2D eigenvalue weighted by molar-refractivity contribution is -0.384. The predicted octanol–water partition coefficient (Wildman–Crippen LogP) is 5.98. The summed E-state index contributed by atoms with van der Waals surface area (Å²) in [5.41, 5.74) is 1.06. The first-order valence-corrected chi connectivity index (χ1v) is 10.1. The molecule has 0 radical (unpaired) electrons. The van der Waals surface area contributed by atoms with Crippen LogP contribution in [0.15, 0.2) is 69.7 Å². The summed E-state index contributed by atoms with van der Waals surface area (Å²) in [4.78, 5) is 27.2. The molecular weight excluding hydrogens is 490 g/mol. The van der Waals surface area contributed by atoms with E-state index in [0.717, 1.165) is 9.86 Å². The van der Waals surface area contributed by atoms with Crippen LogP contribution in [0.2, 0.25) is 5.02 Å². The van der Waals surface area contributed by atoms with Crippen molar-refractivity contribution in [1.82, 2.24) is 4.98 Å². The molecule has 0 bridgehead atoms. The summed E-state index contributed by atoms with van der Waals surface area (Å²) in [5.74, 6) is 0.315. The highest BCUT2D eigenvalue weighted by Crippen LogP contribution is 2.30. The van der Waals surface area contributed by atoms with Gasteiger partial charge in [0, 0.05) is 28.2 Å². The van der Waals surface area contributed by atoms with Gasteiger partial charge in [-0.05, 0) is 36.4 Å². The van der Waals surface area contributed by atoms with Crippen LogP contribution in [0.3, 0.4) is 0 Å². The monoisotopic (exact) mass is 501 g/mol. The van der Waals surface area contributed by atoms with Gasteiger partial charge in [0.05, 0.1) is 21.2 Å². The number of nitrogens with one attached hydrogen (secondary N) is 1. The number of aromatic nitrogens is 1. The fourth-order valence-corrected chi connectivity index (χ4v) is 3.55. The van der Waals surface area contributed by atoms with E-state index in [0.29, 0.717) is 17.0 Å². The van der Waals surface area contributed by atoms with Gasteiger partial charge in [-0.15, -0.1) is 0 Å². The molecular formula is C21H13BrClN3O5. The summed E-state index contributed by atoms with van der Waals surface area (Å²) >= 11 is 9.48. The number of furan rings is 1. The van der Waals surface area contributed by atoms with Gasteiger partial charge < -0.3 is 14.5 Å². The van der Waals surface area contributed by atoms with Gasteiger partial charge in [-0.3, -0.25) is 19.9 Å². The number of carbonyl (C=O) groups excluding carboxylic acids is 1. The van der Waals surface area contributed by atoms with E-state index in [1.807, 2.05) is 18.2 Å². The molecule has 0 saturated heterocycles. The van der Waals surface area contributed by atoms with E-state index in [1.54, 1.807) is 18.3 Å². The Morgan fingerprint density at radius 1 is 1.23 bits per heavy atom. The number of hydrogen-bond acceptors (Lipinski definition) is 6. The normalized spacial score (nSPS) is 10.8. The third-order valence-corrected chi connectivity index (χ3v) is 5.33.